The van der Waals surface area contributed by atoms with E-state index in [9.17, 15) is 13.2 Å². The average molecular weight is 254 g/mol. The highest BCUT2D eigenvalue weighted by molar-refractivity contribution is 5.91. The standard InChI is InChI=1S/C13H13F3N2/c1-6(2)3-7-4-10(17)11-8(14)5-9(15)12(16)13(11)18-7/h4-6H,3H2,1-2H3,(H2,17,18). The number of nitrogens with zero attached hydrogens (tertiary/aromatic N) is 1. The lowest BCUT2D eigenvalue weighted by molar-refractivity contribution is 0.503. The molecule has 0 fully saturated rings. The number of benzene rings is 1. The molecule has 2 rings (SSSR count). The number of fused-ring (bicyclic) bond motifs is 1. The molecule has 0 saturated carbocycles. The second-order valence-corrected chi connectivity index (χ2v) is 4.68. The van der Waals surface area contributed by atoms with E-state index in [1.54, 1.807) is 0 Å². The minimum atomic E-state index is -1.26. The predicted molar refractivity (Wildman–Crippen MR) is 64.6 cm³/mol. The Morgan fingerprint density at radius 1 is 1.17 bits per heavy atom. The first-order chi connectivity index (χ1) is 8.40. The van der Waals surface area contributed by atoms with Gasteiger partial charge in [-0.15, -0.1) is 0 Å². The molecule has 0 amide bonds. The lowest BCUT2D eigenvalue weighted by Crippen LogP contribution is -2.03. The molecule has 0 radical (unpaired) electrons. The molecule has 2 aromatic rings. The van der Waals surface area contributed by atoms with Crippen LogP contribution in [0.25, 0.3) is 10.9 Å². The third-order valence-corrected chi connectivity index (χ3v) is 2.63. The average Bonchev–Trinajstić information content (AvgIpc) is 2.24. The molecule has 2 N–H and O–H groups in total. The van der Waals surface area contributed by atoms with Crippen molar-refractivity contribution in [1.82, 2.24) is 4.98 Å². The minimum absolute atomic E-state index is 0.0760. The van der Waals surface area contributed by atoms with Crippen LogP contribution in [0.5, 0.6) is 0 Å². The molecule has 0 spiro atoms. The summed E-state index contributed by atoms with van der Waals surface area (Å²) in [6, 6.07) is 1.99. The Kier molecular flexibility index (Phi) is 3.15. The number of rotatable bonds is 2. The van der Waals surface area contributed by atoms with Crippen molar-refractivity contribution in [2.45, 2.75) is 20.3 Å². The highest BCUT2D eigenvalue weighted by Gasteiger charge is 2.17. The molecular weight excluding hydrogens is 241 g/mol. The highest BCUT2D eigenvalue weighted by atomic mass is 19.2. The number of hydrogen-bond acceptors (Lipinski definition) is 2. The summed E-state index contributed by atoms with van der Waals surface area (Å²) in [4.78, 5) is 3.96. The second-order valence-electron chi connectivity index (χ2n) is 4.68. The van der Waals surface area contributed by atoms with Gasteiger partial charge in [-0.2, -0.15) is 0 Å². The number of aromatic nitrogens is 1. The van der Waals surface area contributed by atoms with E-state index in [2.05, 4.69) is 4.98 Å². The molecular formula is C13H13F3N2. The van der Waals surface area contributed by atoms with Gasteiger partial charge in [-0.05, 0) is 18.4 Å². The van der Waals surface area contributed by atoms with Gasteiger partial charge in [0.25, 0.3) is 0 Å². The van der Waals surface area contributed by atoms with Crippen LogP contribution in [0.1, 0.15) is 19.5 Å². The molecule has 1 aromatic carbocycles. The Morgan fingerprint density at radius 3 is 2.44 bits per heavy atom. The minimum Gasteiger partial charge on any atom is -0.398 e. The van der Waals surface area contributed by atoms with Crippen molar-refractivity contribution < 1.29 is 13.2 Å². The quantitative estimate of drug-likeness (QED) is 0.834. The summed E-state index contributed by atoms with van der Waals surface area (Å²) in [7, 11) is 0. The topological polar surface area (TPSA) is 38.9 Å². The zero-order valence-corrected chi connectivity index (χ0v) is 10.1. The van der Waals surface area contributed by atoms with Gasteiger partial charge in [0.15, 0.2) is 11.6 Å². The van der Waals surface area contributed by atoms with E-state index in [4.69, 9.17) is 5.73 Å². The number of nitrogens with two attached hydrogens (primary N) is 1. The van der Waals surface area contributed by atoms with E-state index < -0.39 is 17.5 Å². The SMILES string of the molecule is CC(C)Cc1cc(N)c2c(F)cc(F)c(F)c2n1. The maximum atomic E-state index is 13.6. The molecule has 0 aliphatic rings. The van der Waals surface area contributed by atoms with Gasteiger partial charge in [-0.3, -0.25) is 0 Å². The lowest BCUT2D eigenvalue weighted by atomic mass is 10.1. The summed E-state index contributed by atoms with van der Waals surface area (Å²) >= 11 is 0. The molecule has 0 unspecified atom stereocenters. The van der Waals surface area contributed by atoms with E-state index in [1.807, 2.05) is 13.8 Å². The van der Waals surface area contributed by atoms with Gasteiger partial charge in [0.05, 0.1) is 5.39 Å². The molecule has 0 aliphatic carbocycles. The molecule has 0 saturated heterocycles. The van der Waals surface area contributed by atoms with Crippen LogP contribution in [0.4, 0.5) is 18.9 Å². The first kappa shape index (κ1) is 12.7. The lowest BCUT2D eigenvalue weighted by Gasteiger charge is -2.10. The number of halogens is 3. The normalized spacial score (nSPS) is 11.4. The van der Waals surface area contributed by atoms with Gasteiger partial charge in [0.2, 0.25) is 0 Å². The van der Waals surface area contributed by atoms with Crippen molar-refractivity contribution >= 4 is 16.6 Å². The Balaban J connectivity index is 2.74. The molecule has 18 heavy (non-hydrogen) atoms. The third kappa shape index (κ3) is 2.12. The van der Waals surface area contributed by atoms with Crippen LogP contribution in [0.3, 0.4) is 0 Å². The summed E-state index contributed by atoms with van der Waals surface area (Å²) < 4.78 is 40.3. The first-order valence-electron chi connectivity index (χ1n) is 5.62. The number of pyridine rings is 1. The van der Waals surface area contributed by atoms with Crippen molar-refractivity contribution in [3.8, 4) is 0 Å². The van der Waals surface area contributed by atoms with Crippen molar-refractivity contribution in [1.29, 1.82) is 0 Å². The predicted octanol–water partition coefficient (Wildman–Crippen LogP) is 3.43. The van der Waals surface area contributed by atoms with Gasteiger partial charge in [-0.25, -0.2) is 18.2 Å². The van der Waals surface area contributed by atoms with Gasteiger partial charge < -0.3 is 5.73 Å². The smallest absolute Gasteiger partial charge is 0.185 e. The van der Waals surface area contributed by atoms with E-state index in [-0.39, 0.29) is 22.5 Å². The maximum Gasteiger partial charge on any atom is 0.185 e. The molecule has 0 bridgehead atoms. The van der Waals surface area contributed by atoms with Crippen LogP contribution in [0.15, 0.2) is 12.1 Å². The number of nitrogen functional groups attached to an aromatic ring is 1. The number of hydrogen-bond donors (Lipinski definition) is 1. The number of anilines is 1. The summed E-state index contributed by atoms with van der Waals surface area (Å²) in [6.07, 6.45) is 0.567. The fourth-order valence-electron chi connectivity index (χ4n) is 1.91. The van der Waals surface area contributed by atoms with Crippen LogP contribution >= 0.6 is 0 Å². The summed E-state index contributed by atoms with van der Waals surface area (Å²) in [5.41, 5.74) is 5.94. The Labute approximate surface area is 103 Å². The monoisotopic (exact) mass is 254 g/mol. The Bertz CT molecular complexity index is 609. The zero-order chi connectivity index (χ0) is 13.4. The second kappa shape index (κ2) is 4.48. The first-order valence-corrected chi connectivity index (χ1v) is 5.62. The summed E-state index contributed by atoms with van der Waals surface area (Å²) in [5.74, 6) is -3.03. The molecule has 1 aromatic heterocycles. The van der Waals surface area contributed by atoms with Gasteiger partial charge in [0.1, 0.15) is 11.3 Å². The molecule has 2 nitrogen and oxygen atoms in total. The van der Waals surface area contributed by atoms with Gasteiger partial charge in [-0.1, -0.05) is 13.8 Å². The van der Waals surface area contributed by atoms with Crippen LogP contribution in [-0.2, 0) is 6.42 Å². The van der Waals surface area contributed by atoms with E-state index >= 15 is 0 Å². The van der Waals surface area contributed by atoms with Crippen LogP contribution in [0.2, 0.25) is 0 Å². The van der Waals surface area contributed by atoms with Crippen LogP contribution in [-0.4, -0.2) is 4.98 Å². The van der Waals surface area contributed by atoms with Crippen molar-refractivity contribution in [3.05, 3.63) is 35.3 Å². The maximum absolute atomic E-state index is 13.6. The molecule has 96 valence electrons. The molecule has 5 heteroatoms. The summed E-state index contributed by atoms with van der Waals surface area (Å²) in [6.45, 7) is 3.93. The molecule has 0 atom stereocenters. The fourth-order valence-corrected chi connectivity index (χ4v) is 1.91. The van der Waals surface area contributed by atoms with E-state index in [0.717, 1.165) is 0 Å². The zero-order valence-electron chi connectivity index (χ0n) is 10.1. The fraction of sp³-hybridized carbons (Fsp3) is 0.308. The third-order valence-electron chi connectivity index (χ3n) is 2.63. The van der Waals surface area contributed by atoms with Crippen LogP contribution < -0.4 is 5.73 Å². The molecule has 1 heterocycles. The van der Waals surface area contributed by atoms with Crippen molar-refractivity contribution in [2.24, 2.45) is 5.92 Å². The van der Waals surface area contributed by atoms with Gasteiger partial charge >= 0.3 is 0 Å². The van der Waals surface area contributed by atoms with E-state index in [1.165, 1.54) is 6.07 Å². The summed E-state index contributed by atoms with van der Waals surface area (Å²) in [5, 5.41) is -0.165. The van der Waals surface area contributed by atoms with Crippen molar-refractivity contribution in [3.63, 3.8) is 0 Å². The van der Waals surface area contributed by atoms with Gasteiger partial charge in [0, 0.05) is 17.4 Å². The Hall–Kier alpha value is -1.78. The van der Waals surface area contributed by atoms with Crippen LogP contribution in [0, 0.1) is 23.4 Å². The van der Waals surface area contributed by atoms with Crippen molar-refractivity contribution in [2.75, 3.05) is 5.73 Å². The molecule has 0 aliphatic heterocycles. The Morgan fingerprint density at radius 2 is 1.83 bits per heavy atom. The highest BCUT2D eigenvalue weighted by Crippen LogP contribution is 2.28. The van der Waals surface area contributed by atoms with E-state index in [0.29, 0.717) is 18.2 Å². The largest absolute Gasteiger partial charge is 0.398 e.